The van der Waals surface area contributed by atoms with E-state index >= 15 is 0 Å². The molecule has 146 valence electrons. The van der Waals surface area contributed by atoms with E-state index in [1.165, 1.54) is 0 Å². The van der Waals surface area contributed by atoms with Crippen LogP contribution in [0.2, 0.25) is 0 Å². The van der Waals surface area contributed by atoms with Crippen LogP contribution in [0.1, 0.15) is 22.3 Å². The van der Waals surface area contributed by atoms with Gasteiger partial charge in [0.25, 0.3) is 6.43 Å². The van der Waals surface area contributed by atoms with E-state index < -0.39 is 47.2 Å². The summed E-state index contributed by atoms with van der Waals surface area (Å²) in [5, 5.41) is 9.09. The van der Waals surface area contributed by atoms with Crippen molar-refractivity contribution in [2.24, 2.45) is 0 Å². The summed E-state index contributed by atoms with van der Waals surface area (Å²) in [7, 11) is 1.08. The molecule has 0 amide bonds. The van der Waals surface area contributed by atoms with Crippen LogP contribution < -0.4 is 14.2 Å². The lowest BCUT2D eigenvalue weighted by Crippen LogP contribution is -2.17. The van der Waals surface area contributed by atoms with Crippen LogP contribution in [0.15, 0.2) is 30.3 Å². The van der Waals surface area contributed by atoms with Crippen LogP contribution in [0.3, 0.4) is 0 Å². The Kier molecular flexibility index (Phi) is 5.72. The fourth-order valence-electron chi connectivity index (χ4n) is 2.08. The number of hydrogen-bond donors (Lipinski definition) is 1. The zero-order valence-electron chi connectivity index (χ0n) is 13.3. The second kappa shape index (κ2) is 7.64. The summed E-state index contributed by atoms with van der Waals surface area (Å²) in [4.78, 5) is 11.2. The van der Waals surface area contributed by atoms with Gasteiger partial charge in [0.05, 0.1) is 12.7 Å². The number of rotatable bonds is 6. The molecule has 27 heavy (non-hydrogen) atoms. The van der Waals surface area contributed by atoms with Crippen molar-refractivity contribution in [2.45, 2.75) is 12.8 Å². The summed E-state index contributed by atoms with van der Waals surface area (Å²) in [5.41, 5.74) is -2.30. The summed E-state index contributed by atoms with van der Waals surface area (Å²) in [5.74, 6) is -5.45. The normalized spacial score (nSPS) is 11.4. The van der Waals surface area contributed by atoms with Gasteiger partial charge in [-0.3, -0.25) is 0 Å². The molecule has 0 saturated carbocycles. The second-order valence-corrected chi connectivity index (χ2v) is 4.91. The molecule has 0 heterocycles. The Balaban J connectivity index is 2.45. The van der Waals surface area contributed by atoms with Gasteiger partial charge in [0.1, 0.15) is 22.9 Å². The minimum absolute atomic E-state index is 0.293. The molecule has 0 atom stereocenters. The van der Waals surface area contributed by atoms with Crippen LogP contribution in [0.4, 0.5) is 26.3 Å². The molecule has 0 fully saturated rings. The number of ether oxygens (including phenoxy) is 3. The number of alkyl halides is 5. The highest BCUT2D eigenvalue weighted by Crippen LogP contribution is 2.39. The Bertz CT molecular complexity index is 850. The predicted molar refractivity (Wildman–Crippen MR) is 78.1 cm³/mol. The number of hydrogen-bond acceptors (Lipinski definition) is 4. The third-order valence-corrected chi connectivity index (χ3v) is 3.17. The summed E-state index contributed by atoms with van der Waals surface area (Å²) >= 11 is 0. The van der Waals surface area contributed by atoms with E-state index in [0.29, 0.717) is 6.07 Å². The van der Waals surface area contributed by atoms with Crippen LogP contribution in [0.5, 0.6) is 23.0 Å². The first-order valence-corrected chi connectivity index (χ1v) is 6.99. The van der Waals surface area contributed by atoms with Crippen molar-refractivity contribution in [2.75, 3.05) is 7.11 Å². The Morgan fingerprint density at radius 3 is 2.22 bits per heavy atom. The van der Waals surface area contributed by atoms with Crippen molar-refractivity contribution in [3.63, 3.8) is 0 Å². The van der Waals surface area contributed by atoms with E-state index in [-0.39, 0.29) is 11.5 Å². The third kappa shape index (κ3) is 4.74. The van der Waals surface area contributed by atoms with E-state index in [2.05, 4.69) is 4.74 Å². The van der Waals surface area contributed by atoms with E-state index in [1.807, 2.05) is 0 Å². The maximum absolute atomic E-state index is 14.1. The van der Waals surface area contributed by atoms with Gasteiger partial charge in [0, 0.05) is 6.07 Å². The summed E-state index contributed by atoms with van der Waals surface area (Å²) in [6.07, 6.45) is -8.22. The van der Waals surface area contributed by atoms with Crippen molar-refractivity contribution in [3.8, 4) is 23.0 Å². The number of methoxy groups -OCH3 is 1. The lowest BCUT2D eigenvalue weighted by Gasteiger charge is -2.15. The highest BCUT2D eigenvalue weighted by Gasteiger charge is 2.31. The van der Waals surface area contributed by atoms with E-state index in [0.717, 1.165) is 31.4 Å². The Morgan fingerprint density at radius 1 is 1.07 bits per heavy atom. The fraction of sp³-hybridized carbons (Fsp3) is 0.188. The smallest absolute Gasteiger partial charge is 0.493 e. The van der Waals surface area contributed by atoms with Crippen molar-refractivity contribution >= 4 is 5.97 Å². The molecule has 11 heteroatoms. The van der Waals surface area contributed by atoms with Crippen molar-refractivity contribution < 1.29 is 50.5 Å². The van der Waals surface area contributed by atoms with E-state index in [1.54, 1.807) is 0 Å². The first-order chi connectivity index (χ1) is 12.5. The minimum Gasteiger partial charge on any atom is -0.493 e. The van der Waals surface area contributed by atoms with Gasteiger partial charge in [0.2, 0.25) is 0 Å². The zero-order chi connectivity index (χ0) is 20.4. The lowest BCUT2D eigenvalue weighted by atomic mass is 10.1. The molecule has 0 spiro atoms. The molecule has 0 unspecified atom stereocenters. The van der Waals surface area contributed by atoms with Gasteiger partial charge < -0.3 is 19.3 Å². The van der Waals surface area contributed by atoms with Gasteiger partial charge in [0.15, 0.2) is 11.5 Å². The van der Waals surface area contributed by atoms with Crippen LogP contribution in [0, 0.1) is 5.82 Å². The fourth-order valence-corrected chi connectivity index (χ4v) is 2.08. The molecular formula is C16H10F6O5. The average molecular weight is 396 g/mol. The quantitative estimate of drug-likeness (QED) is 0.684. The molecule has 0 aliphatic rings. The Labute approximate surface area is 147 Å². The highest BCUT2D eigenvalue weighted by atomic mass is 19.4. The molecule has 2 aromatic carbocycles. The largest absolute Gasteiger partial charge is 0.573 e. The molecule has 0 radical (unpaired) electrons. The maximum Gasteiger partial charge on any atom is 0.573 e. The number of benzene rings is 2. The summed E-state index contributed by atoms with van der Waals surface area (Å²) < 4.78 is 90.0. The molecule has 2 aromatic rings. The predicted octanol–water partition coefficient (Wildman–Crippen LogP) is 5.16. The zero-order valence-corrected chi connectivity index (χ0v) is 13.3. The summed E-state index contributed by atoms with van der Waals surface area (Å²) in [6, 6.07) is 4.02. The molecule has 1 N–H and O–H groups in total. The third-order valence-electron chi connectivity index (χ3n) is 3.17. The lowest BCUT2D eigenvalue weighted by molar-refractivity contribution is -0.274. The monoisotopic (exact) mass is 396 g/mol. The van der Waals surface area contributed by atoms with Gasteiger partial charge in [-0.05, 0) is 24.3 Å². The van der Waals surface area contributed by atoms with E-state index in [4.69, 9.17) is 14.6 Å². The van der Waals surface area contributed by atoms with Crippen molar-refractivity contribution in [3.05, 3.63) is 47.3 Å². The summed E-state index contributed by atoms with van der Waals surface area (Å²) in [6.45, 7) is 0. The standard InChI is InChI=1S/C16H10F6O5/c1-25-11-6-7(27-16(20,21)22)2-4-9(11)26-10-5-3-8(14(18)19)13(17)12(10)15(23)24/h2-6,14H,1H3,(H,23,24). The number of carboxylic acids is 1. The highest BCUT2D eigenvalue weighted by molar-refractivity contribution is 5.91. The molecule has 0 saturated heterocycles. The molecule has 2 rings (SSSR count). The number of carboxylic acid groups (broad SMARTS) is 1. The van der Waals surface area contributed by atoms with Gasteiger partial charge in [-0.15, -0.1) is 13.2 Å². The van der Waals surface area contributed by atoms with Gasteiger partial charge in [-0.25, -0.2) is 18.0 Å². The average Bonchev–Trinajstić information content (AvgIpc) is 2.54. The molecule has 0 aliphatic carbocycles. The molecule has 0 bridgehead atoms. The van der Waals surface area contributed by atoms with Crippen LogP contribution in [0.25, 0.3) is 0 Å². The molecular weight excluding hydrogens is 386 g/mol. The topological polar surface area (TPSA) is 65.0 Å². The number of halogens is 6. The SMILES string of the molecule is COc1cc(OC(F)(F)F)ccc1Oc1ccc(C(F)F)c(F)c1C(=O)O. The van der Waals surface area contributed by atoms with Crippen LogP contribution >= 0.6 is 0 Å². The molecule has 0 aliphatic heterocycles. The van der Waals surface area contributed by atoms with Gasteiger partial charge in [-0.1, -0.05) is 0 Å². The Hall–Kier alpha value is -3.11. The van der Waals surface area contributed by atoms with Crippen LogP contribution in [-0.4, -0.2) is 24.5 Å². The second-order valence-electron chi connectivity index (χ2n) is 4.91. The number of aromatic carboxylic acids is 1. The Morgan fingerprint density at radius 2 is 1.70 bits per heavy atom. The first-order valence-electron chi connectivity index (χ1n) is 6.99. The van der Waals surface area contributed by atoms with Crippen LogP contribution in [-0.2, 0) is 0 Å². The molecule has 5 nitrogen and oxygen atoms in total. The maximum atomic E-state index is 14.1. The van der Waals surface area contributed by atoms with Crippen molar-refractivity contribution in [1.29, 1.82) is 0 Å². The van der Waals surface area contributed by atoms with Crippen molar-refractivity contribution in [1.82, 2.24) is 0 Å². The molecule has 0 aromatic heterocycles. The van der Waals surface area contributed by atoms with E-state index in [9.17, 15) is 31.1 Å². The van der Waals surface area contributed by atoms with Gasteiger partial charge in [-0.2, -0.15) is 0 Å². The first kappa shape index (κ1) is 20.2. The number of carbonyl (C=O) groups is 1. The van der Waals surface area contributed by atoms with Gasteiger partial charge >= 0.3 is 12.3 Å². The minimum atomic E-state index is -4.96.